The summed E-state index contributed by atoms with van der Waals surface area (Å²) in [6.45, 7) is 3.43. The summed E-state index contributed by atoms with van der Waals surface area (Å²) in [6, 6.07) is 3.86. The van der Waals surface area contributed by atoms with Gasteiger partial charge >= 0.3 is 0 Å². The lowest BCUT2D eigenvalue weighted by Crippen LogP contribution is -2.17. The summed E-state index contributed by atoms with van der Waals surface area (Å²) in [7, 11) is 0. The van der Waals surface area contributed by atoms with E-state index in [0.717, 1.165) is 35.2 Å². The highest BCUT2D eigenvalue weighted by Gasteiger charge is 2.17. The zero-order chi connectivity index (χ0) is 11.5. The van der Waals surface area contributed by atoms with E-state index >= 15 is 0 Å². The Kier molecular flexibility index (Phi) is 3.71. The van der Waals surface area contributed by atoms with Crippen molar-refractivity contribution in [2.75, 3.05) is 18.9 Å². The molecule has 1 heterocycles. The van der Waals surface area contributed by atoms with Crippen LogP contribution in [0.3, 0.4) is 0 Å². The van der Waals surface area contributed by atoms with Crippen LogP contribution >= 0.6 is 15.9 Å². The standard InChI is InChI=1S/C12H16BrNO2/c1-8-5-9(13)6-11(14)12(8)16-7-10-3-2-4-15-10/h5-6,10H,2-4,7,14H2,1H3. The van der Waals surface area contributed by atoms with Gasteiger partial charge in [0.25, 0.3) is 0 Å². The number of aryl methyl sites for hydroxylation is 1. The first-order chi connectivity index (χ1) is 7.66. The van der Waals surface area contributed by atoms with Gasteiger partial charge in [0.1, 0.15) is 12.4 Å². The van der Waals surface area contributed by atoms with Gasteiger partial charge in [-0.15, -0.1) is 0 Å². The molecule has 0 aromatic heterocycles. The van der Waals surface area contributed by atoms with Crippen molar-refractivity contribution in [2.45, 2.75) is 25.9 Å². The Bertz CT molecular complexity index is 352. The van der Waals surface area contributed by atoms with E-state index < -0.39 is 0 Å². The normalized spacial score (nSPS) is 20.0. The Morgan fingerprint density at radius 3 is 3.00 bits per heavy atom. The predicted octanol–water partition coefficient (Wildman–Crippen LogP) is 2.90. The van der Waals surface area contributed by atoms with Gasteiger partial charge in [-0.2, -0.15) is 0 Å². The largest absolute Gasteiger partial charge is 0.488 e. The highest BCUT2D eigenvalue weighted by atomic mass is 79.9. The van der Waals surface area contributed by atoms with Crippen LogP contribution < -0.4 is 10.5 Å². The zero-order valence-corrected chi connectivity index (χ0v) is 10.9. The Morgan fingerprint density at radius 2 is 2.38 bits per heavy atom. The third-order valence-corrected chi connectivity index (χ3v) is 3.16. The third-order valence-electron chi connectivity index (χ3n) is 2.71. The first-order valence-corrected chi connectivity index (χ1v) is 6.26. The highest BCUT2D eigenvalue weighted by molar-refractivity contribution is 9.10. The fraction of sp³-hybridized carbons (Fsp3) is 0.500. The smallest absolute Gasteiger partial charge is 0.145 e. The molecule has 1 unspecified atom stereocenters. The summed E-state index contributed by atoms with van der Waals surface area (Å²) in [5.74, 6) is 0.777. The van der Waals surface area contributed by atoms with Gasteiger partial charge in [-0.1, -0.05) is 15.9 Å². The lowest BCUT2D eigenvalue weighted by molar-refractivity contribution is 0.0680. The van der Waals surface area contributed by atoms with E-state index in [2.05, 4.69) is 15.9 Å². The maximum atomic E-state index is 5.91. The molecule has 1 aliphatic heterocycles. The van der Waals surface area contributed by atoms with Gasteiger partial charge in [-0.05, 0) is 37.5 Å². The fourth-order valence-electron chi connectivity index (χ4n) is 1.91. The number of halogens is 1. The molecule has 0 amide bonds. The van der Waals surface area contributed by atoms with Gasteiger partial charge in [0.15, 0.2) is 0 Å². The summed E-state index contributed by atoms with van der Waals surface area (Å²) >= 11 is 3.40. The molecule has 0 radical (unpaired) electrons. The van der Waals surface area contributed by atoms with E-state index in [1.807, 2.05) is 19.1 Å². The molecule has 0 saturated carbocycles. The highest BCUT2D eigenvalue weighted by Crippen LogP contribution is 2.30. The molecule has 2 rings (SSSR count). The van der Waals surface area contributed by atoms with Crippen LogP contribution in [0.4, 0.5) is 5.69 Å². The number of rotatable bonds is 3. The lowest BCUT2D eigenvalue weighted by atomic mass is 10.2. The number of hydrogen-bond donors (Lipinski definition) is 1. The summed E-state index contributed by atoms with van der Waals surface area (Å²) in [5, 5.41) is 0. The summed E-state index contributed by atoms with van der Waals surface area (Å²) in [5.41, 5.74) is 7.63. The van der Waals surface area contributed by atoms with Crippen LogP contribution in [0.2, 0.25) is 0 Å². The lowest BCUT2D eigenvalue weighted by Gasteiger charge is -2.15. The maximum Gasteiger partial charge on any atom is 0.145 e. The van der Waals surface area contributed by atoms with Crippen LogP contribution in [0.25, 0.3) is 0 Å². The second kappa shape index (κ2) is 5.06. The van der Waals surface area contributed by atoms with Crippen LogP contribution in [0.5, 0.6) is 5.75 Å². The van der Waals surface area contributed by atoms with E-state index in [1.165, 1.54) is 0 Å². The quantitative estimate of drug-likeness (QED) is 0.869. The molecule has 1 aromatic carbocycles. The fourth-order valence-corrected chi connectivity index (χ4v) is 2.50. The summed E-state index contributed by atoms with van der Waals surface area (Å²) in [4.78, 5) is 0. The average molecular weight is 286 g/mol. The van der Waals surface area contributed by atoms with Crippen molar-refractivity contribution in [1.82, 2.24) is 0 Å². The monoisotopic (exact) mass is 285 g/mol. The molecular weight excluding hydrogens is 270 g/mol. The van der Waals surface area contributed by atoms with E-state index in [0.29, 0.717) is 12.3 Å². The minimum Gasteiger partial charge on any atom is -0.488 e. The van der Waals surface area contributed by atoms with Crippen molar-refractivity contribution in [3.05, 3.63) is 22.2 Å². The van der Waals surface area contributed by atoms with Crippen LogP contribution in [0.15, 0.2) is 16.6 Å². The number of nitrogens with two attached hydrogens (primary N) is 1. The molecule has 16 heavy (non-hydrogen) atoms. The average Bonchev–Trinajstić information content (AvgIpc) is 2.68. The molecule has 1 aromatic rings. The Labute approximate surface area is 104 Å². The van der Waals surface area contributed by atoms with Crippen molar-refractivity contribution in [3.8, 4) is 5.75 Å². The topological polar surface area (TPSA) is 44.5 Å². The minimum atomic E-state index is 0.224. The second-order valence-electron chi connectivity index (χ2n) is 4.09. The molecule has 1 fully saturated rings. The molecule has 1 atom stereocenters. The Balaban J connectivity index is 2.03. The molecule has 2 N–H and O–H groups in total. The van der Waals surface area contributed by atoms with E-state index in [1.54, 1.807) is 0 Å². The SMILES string of the molecule is Cc1cc(Br)cc(N)c1OCC1CCCO1. The van der Waals surface area contributed by atoms with Crippen molar-refractivity contribution < 1.29 is 9.47 Å². The predicted molar refractivity (Wildman–Crippen MR) is 67.8 cm³/mol. The second-order valence-corrected chi connectivity index (χ2v) is 5.00. The van der Waals surface area contributed by atoms with Gasteiger partial charge in [0.05, 0.1) is 11.8 Å². The van der Waals surface area contributed by atoms with Crippen molar-refractivity contribution in [1.29, 1.82) is 0 Å². The number of anilines is 1. The number of ether oxygens (including phenoxy) is 2. The molecular formula is C12H16BrNO2. The van der Waals surface area contributed by atoms with Crippen LogP contribution in [0.1, 0.15) is 18.4 Å². The molecule has 0 aliphatic carbocycles. The van der Waals surface area contributed by atoms with E-state index in [-0.39, 0.29) is 6.10 Å². The van der Waals surface area contributed by atoms with Gasteiger partial charge in [-0.3, -0.25) is 0 Å². The molecule has 4 heteroatoms. The van der Waals surface area contributed by atoms with Gasteiger partial charge in [-0.25, -0.2) is 0 Å². The van der Waals surface area contributed by atoms with Gasteiger partial charge < -0.3 is 15.2 Å². The van der Waals surface area contributed by atoms with E-state index in [9.17, 15) is 0 Å². The number of hydrogen-bond acceptors (Lipinski definition) is 3. The summed E-state index contributed by atoms with van der Waals surface area (Å²) in [6.07, 6.45) is 2.43. The molecule has 0 bridgehead atoms. The Hall–Kier alpha value is -0.740. The first kappa shape index (κ1) is 11.7. The molecule has 3 nitrogen and oxygen atoms in total. The van der Waals surface area contributed by atoms with Crippen LogP contribution in [-0.2, 0) is 4.74 Å². The van der Waals surface area contributed by atoms with Crippen molar-refractivity contribution in [3.63, 3.8) is 0 Å². The number of benzene rings is 1. The minimum absolute atomic E-state index is 0.224. The number of nitrogen functional groups attached to an aromatic ring is 1. The molecule has 1 aliphatic rings. The van der Waals surface area contributed by atoms with Crippen molar-refractivity contribution >= 4 is 21.6 Å². The summed E-state index contributed by atoms with van der Waals surface area (Å²) < 4.78 is 12.2. The first-order valence-electron chi connectivity index (χ1n) is 5.47. The van der Waals surface area contributed by atoms with E-state index in [4.69, 9.17) is 15.2 Å². The van der Waals surface area contributed by atoms with Crippen molar-refractivity contribution in [2.24, 2.45) is 0 Å². The van der Waals surface area contributed by atoms with Crippen LogP contribution in [0, 0.1) is 6.92 Å². The molecule has 1 saturated heterocycles. The van der Waals surface area contributed by atoms with Crippen LogP contribution in [-0.4, -0.2) is 19.3 Å². The molecule has 88 valence electrons. The van der Waals surface area contributed by atoms with Gasteiger partial charge in [0.2, 0.25) is 0 Å². The van der Waals surface area contributed by atoms with Gasteiger partial charge in [0, 0.05) is 11.1 Å². The third kappa shape index (κ3) is 2.68. The maximum absolute atomic E-state index is 5.91. The Morgan fingerprint density at radius 1 is 1.56 bits per heavy atom. The molecule has 0 spiro atoms. The zero-order valence-electron chi connectivity index (χ0n) is 9.33.